The number of hydrogen-bond acceptors (Lipinski definition) is 4. The number of nitrogens with one attached hydrogen (secondary N) is 2. The minimum atomic E-state index is -0.130. The summed E-state index contributed by atoms with van der Waals surface area (Å²) in [5.41, 5.74) is 0. The summed E-state index contributed by atoms with van der Waals surface area (Å²) in [6.07, 6.45) is 6.05. The zero-order valence-corrected chi connectivity index (χ0v) is 12.2. The summed E-state index contributed by atoms with van der Waals surface area (Å²) >= 11 is 0. The van der Waals surface area contributed by atoms with Crippen molar-refractivity contribution in [2.24, 2.45) is 5.92 Å². The van der Waals surface area contributed by atoms with E-state index in [9.17, 15) is 9.90 Å². The number of rotatable bonds is 4. The van der Waals surface area contributed by atoms with Crippen molar-refractivity contribution in [2.45, 2.75) is 56.7 Å². The molecule has 3 rings (SSSR count). The highest BCUT2D eigenvalue weighted by molar-refractivity contribution is 5.82. The van der Waals surface area contributed by atoms with Crippen LogP contribution < -0.4 is 10.6 Å². The molecule has 2 saturated heterocycles. The van der Waals surface area contributed by atoms with E-state index < -0.39 is 0 Å². The van der Waals surface area contributed by atoms with E-state index in [0.29, 0.717) is 12.0 Å². The highest BCUT2D eigenvalue weighted by atomic mass is 16.3. The Morgan fingerprint density at radius 2 is 2.00 bits per heavy atom. The molecule has 0 aromatic rings. The van der Waals surface area contributed by atoms with Crippen molar-refractivity contribution in [1.29, 1.82) is 0 Å². The Morgan fingerprint density at radius 3 is 2.70 bits per heavy atom. The highest BCUT2D eigenvalue weighted by Gasteiger charge is 2.36. The number of carbonyl (C=O) groups excluding carboxylic acids is 1. The van der Waals surface area contributed by atoms with Crippen LogP contribution in [0.5, 0.6) is 0 Å². The van der Waals surface area contributed by atoms with E-state index in [1.165, 1.54) is 12.8 Å². The molecule has 1 unspecified atom stereocenters. The molecule has 1 amide bonds. The predicted octanol–water partition coefficient (Wildman–Crippen LogP) is 0.0899. The van der Waals surface area contributed by atoms with Crippen molar-refractivity contribution < 1.29 is 9.90 Å². The number of amides is 1. The fourth-order valence-corrected chi connectivity index (χ4v) is 3.88. The van der Waals surface area contributed by atoms with Gasteiger partial charge in [-0.25, -0.2) is 0 Å². The standard InChI is InChI=1S/C15H27N3O2/c19-13-8-11(9-13)10-17-15(20)14-2-1-7-18(14)12-3-5-16-6-4-12/h11-14,16,19H,1-10H2,(H,17,20). The molecule has 5 nitrogen and oxygen atoms in total. The van der Waals surface area contributed by atoms with Gasteiger partial charge in [-0.05, 0) is 64.1 Å². The summed E-state index contributed by atoms with van der Waals surface area (Å²) in [4.78, 5) is 14.8. The van der Waals surface area contributed by atoms with Gasteiger partial charge >= 0.3 is 0 Å². The number of carbonyl (C=O) groups is 1. The van der Waals surface area contributed by atoms with E-state index >= 15 is 0 Å². The molecule has 1 atom stereocenters. The first-order chi connectivity index (χ1) is 9.74. The van der Waals surface area contributed by atoms with Crippen LogP contribution in [0.25, 0.3) is 0 Å². The van der Waals surface area contributed by atoms with Crippen LogP contribution >= 0.6 is 0 Å². The van der Waals surface area contributed by atoms with Crippen molar-refractivity contribution in [1.82, 2.24) is 15.5 Å². The lowest BCUT2D eigenvalue weighted by molar-refractivity contribution is -0.127. The molecule has 3 fully saturated rings. The Labute approximate surface area is 121 Å². The summed E-state index contributed by atoms with van der Waals surface area (Å²) in [6.45, 7) is 3.97. The normalized spacial score (nSPS) is 35.8. The Kier molecular flexibility index (Phi) is 4.58. The molecular weight excluding hydrogens is 254 g/mol. The molecule has 20 heavy (non-hydrogen) atoms. The second-order valence-electron chi connectivity index (χ2n) is 6.61. The summed E-state index contributed by atoms with van der Waals surface area (Å²) in [6, 6.07) is 0.670. The molecule has 1 saturated carbocycles. The average molecular weight is 281 g/mol. The number of hydrogen-bond donors (Lipinski definition) is 3. The lowest BCUT2D eigenvalue weighted by Crippen LogP contribution is -2.51. The first-order valence-corrected chi connectivity index (χ1v) is 8.16. The number of likely N-dealkylation sites (tertiary alicyclic amines) is 1. The monoisotopic (exact) mass is 281 g/mol. The van der Waals surface area contributed by atoms with Gasteiger partial charge in [0.1, 0.15) is 0 Å². The Morgan fingerprint density at radius 1 is 1.25 bits per heavy atom. The van der Waals surface area contributed by atoms with Crippen LogP contribution in [0.3, 0.4) is 0 Å². The number of aliphatic hydroxyl groups is 1. The Balaban J connectivity index is 1.48. The average Bonchev–Trinajstić information content (AvgIpc) is 2.92. The maximum Gasteiger partial charge on any atom is 0.237 e. The molecule has 0 spiro atoms. The third-order valence-corrected chi connectivity index (χ3v) is 5.15. The van der Waals surface area contributed by atoms with Gasteiger partial charge in [-0.2, -0.15) is 0 Å². The number of nitrogens with zero attached hydrogens (tertiary/aromatic N) is 1. The zero-order chi connectivity index (χ0) is 13.9. The second-order valence-corrected chi connectivity index (χ2v) is 6.61. The lowest BCUT2D eigenvalue weighted by Gasteiger charge is -2.36. The molecule has 114 valence electrons. The van der Waals surface area contributed by atoms with E-state index in [1.807, 2.05) is 0 Å². The minimum absolute atomic E-state index is 0.0862. The number of aliphatic hydroxyl groups excluding tert-OH is 1. The summed E-state index contributed by atoms with van der Waals surface area (Å²) in [5.74, 6) is 0.699. The Hall–Kier alpha value is -0.650. The maximum absolute atomic E-state index is 12.4. The van der Waals surface area contributed by atoms with Gasteiger partial charge in [-0.15, -0.1) is 0 Å². The summed E-state index contributed by atoms with van der Waals surface area (Å²) in [5, 5.41) is 15.8. The molecule has 2 heterocycles. The summed E-state index contributed by atoms with van der Waals surface area (Å²) < 4.78 is 0. The lowest BCUT2D eigenvalue weighted by atomic mass is 9.82. The largest absolute Gasteiger partial charge is 0.393 e. The van der Waals surface area contributed by atoms with Crippen molar-refractivity contribution in [2.75, 3.05) is 26.2 Å². The Bertz CT molecular complexity index is 338. The molecule has 0 aromatic carbocycles. The molecule has 5 heteroatoms. The van der Waals surface area contributed by atoms with Gasteiger partial charge in [0.2, 0.25) is 5.91 Å². The predicted molar refractivity (Wildman–Crippen MR) is 77.4 cm³/mol. The molecular formula is C15H27N3O2. The van der Waals surface area contributed by atoms with Crippen LogP contribution in [0.2, 0.25) is 0 Å². The van der Waals surface area contributed by atoms with Crippen molar-refractivity contribution in [3.8, 4) is 0 Å². The molecule has 3 N–H and O–H groups in total. The molecule has 2 aliphatic heterocycles. The molecule has 0 radical (unpaired) electrons. The van der Waals surface area contributed by atoms with Gasteiger partial charge < -0.3 is 15.7 Å². The van der Waals surface area contributed by atoms with E-state index in [1.54, 1.807) is 0 Å². The maximum atomic E-state index is 12.4. The fourth-order valence-electron chi connectivity index (χ4n) is 3.88. The van der Waals surface area contributed by atoms with Gasteiger partial charge in [0.05, 0.1) is 12.1 Å². The van der Waals surface area contributed by atoms with Gasteiger partial charge in [-0.1, -0.05) is 0 Å². The zero-order valence-electron chi connectivity index (χ0n) is 12.2. The van der Waals surface area contributed by atoms with Crippen LogP contribution in [-0.4, -0.2) is 60.3 Å². The van der Waals surface area contributed by atoms with Crippen molar-refractivity contribution in [3.63, 3.8) is 0 Å². The van der Waals surface area contributed by atoms with Crippen LogP contribution in [0.1, 0.15) is 38.5 Å². The van der Waals surface area contributed by atoms with Crippen molar-refractivity contribution in [3.05, 3.63) is 0 Å². The highest BCUT2D eigenvalue weighted by Crippen LogP contribution is 2.27. The molecule has 3 aliphatic rings. The van der Waals surface area contributed by atoms with Gasteiger partial charge in [-0.3, -0.25) is 9.69 Å². The van der Waals surface area contributed by atoms with E-state index in [2.05, 4.69) is 15.5 Å². The van der Waals surface area contributed by atoms with Crippen molar-refractivity contribution >= 4 is 5.91 Å². The third kappa shape index (κ3) is 3.15. The first kappa shape index (κ1) is 14.3. The van der Waals surface area contributed by atoms with Gasteiger partial charge in [0, 0.05) is 12.6 Å². The summed E-state index contributed by atoms with van der Waals surface area (Å²) in [7, 11) is 0. The van der Waals surface area contributed by atoms with Crippen LogP contribution in [-0.2, 0) is 4.79 Å². The second kappa shape index (κ2) is 6.41. The quantitative estimate of drug-likeness (QED) is 0.683. The topological polar surface area (TPSA) is 64.6 Å². The van der Waals surface area contributed by atoms with E-state index in [0.717, 1.165) is 51.9 Å². The van der Waals surface area contributed by atoms with E-state index in [-0.39, 0.29) is 18.1 Å². The molecule has 0 bridgehead atoms. The van der Waals surface area contributed by atoms with Gasteiger partial charge in [0.15, 0.2) is 0 Å². The van der Waals surface area contributed by atoms with E-state index in [4.69, 9.17) is 0 Å². The van der Waals surface area contributed by atoms with Crippen LogP contribution in [0, 0.1) is 5.92 Å². The smallest absolute Gasteiger partial charge is 0.237 e. The third-order valence-electron chi connectivity index (χ3n) is 5.15. The SMILES string of the molecule is O=C(NCC1CC(O)C1)C1CCCN1C1CCNCC1. The minimum Gasteiger partial charge on any atom is -0.393 e. The first-order valence-electron chi connectivity index (χ1n) is 8.16. The van der Waals surface area contributed by atoms with Gasteiger partial charge in [0.25, 0.3) is 0 Å². The molecule has 0 aromatic heterocycles. The van der Waals surface area contributed by atoms with Crippen LogP contribution in [0.15, 0.2) is 0 Å². The molecule has 1 aliphatic carbocycles. The van der Waals surface area contributed by atoms with Crippen LogP contribution in [0.4, 0.5) is 0 Å². The fraction of sp³-hybridized carbons (Fsp3) is 0.933. The number of piperidine rings is 1.